The van der Waals surface area contributed by atoms with Crippen molar-refractivity contribution in [2.75, 3.05) is 11.9 Å². The molecule has 2 N–H and O–H groups in total. The fraction of sp³-hybridized carbons (Fsp3) is 0.231. The maximum atomic E-state index is 13.3. The molecule has 0 spiro atoms. The summed E-state index contributed by atoms with van der Waals surface area (Å²) in [7, 11) is 0. The number of furan rings is 1. The number of nitrogens with one attached hydrogen (secondary N) is 1. The molecule has 2 aromatic rings. The summed E-state index contributed by atoms with van der Waals surface area (Å²) in [5.41, 5.74) is 1.22. The van der Waals surface area contributed by atoms with Crippen LogP contribution >= 0.6 is 0 Å². The molecule has 90 valence electrons. The molecule has 0 aliphatic rings. The van der Waals surface area contributed by atoms with Gasteiger partial charge in [-0.1, -0.05) is 6.07 Å². The summed E-state index contributed by atoms with van der Waals surface area (Å²) in [6.45, 7) is 1.97. The number of halogens is 1. The van der Waals surface area contributed by atoms with Crippen molar-refractivity contribution in [2.45, 2.75) is 13.0 Å². The summed E-state index contributed by atoms with van der Waals surface area (Å²) in [6.07, 6.45) is 0.763. The highest BCUT2D eigenvalue weighted by atomic mass is 19.1. The van der Waals surface area contributed by atoms with Gasteiger partial charge in [0.15, 0.2) is 0 Å². The molecule has 0 fully saturated rings. The van der Waals surface area contributed by atoms with Crippen LogP contribution in [0.25, 0.3) is 0 Å². The van der Waals surface area contributed by atoms with Crippen LogP contribution in [0.3, 0.4) is 0 Å². The summed E-state index contributed by atoms with van der Waals surface area (Å²) in [6, 6.07) is 8.22. The fourth-order valence-corrected chi connectivity index (χ4v) is 1.59. The SMILES string of the molecule is Cc1c(F)cccc1NCC(O)c1ccco1. The Balaban J connectivity index is 2.00. The number of hydrogen-bond donors (Lipinski definition) is 2. The summed E-state index contributed by atoms with van der Waals surface area (Å²) >= 11 is 0. The van der Waals surface area contributed by atoms with Crippen molar-refractivity contribution in [1.82, 2.24) is 0 Å². The topological polar surface area (TPSA) is 45.4 Å². The molecule has 0 bridgehead atoms. The predicted octanol–water partition coefficient (Wildman–Crippen LogP) is 2.87. The van der Waals surface area contributed by atoms with Gasteiger partial charge in [0.2, 0.25) is 0 Å². The largest absolute Gasteiger partial charge is 0.467 e. The third-order valence-electron chi connectivity index (χ3n) is 2.63. The highest BCUT2D eigenvalue weighted by Gasteiger charge is 2.11. The normalized spacial score (nSPS) is 12.4. The lowest BCUT2D eigenvalue weighted by Crippen LogP contribution is -2.12. The molecule has 1 aromatic carbocycles. The maximum absolute atomic E-state index is 13.3. The molecule has 0 aliphatic carbocycles. The quantitative estimate of drug-likeness (QED) is 0.856. The number of rotatable bonds is 4. The molecule has 1 unspecified atom stereocenters. The van der Waals surface area contributed by atoms with Gasteiger partial charge in [-0.3, -0.25) is 0 Å². The van der Waals surface area contributed by atoms with Crippen LogP contribution in [0.4, 0.5) is 10.1 Å². The van der Waals surface area contributed by atoms with Crippen LogP contribution in [0.15, 0.2) is 41.0 Å². The van der Waals surface area contributed by atoms with E-state index in [2.05, 4.69) is 5.32 Å². The van der Waals surface area contributed by atoms with Gasteiger partial charge in [0.05, 0.1) is 6.26 Å². The molecule has 0 aliphatic heterocycles. The zero-order valence-corrected chi connectivity index (χ0v) is 9.48. The van der Waals surface area contributed by atoms with E-state index in [1.165, 1.54) is 12.3 Å². The number of anilines is 1. The molecule has 0 amide bonds. The first-order valence-corrected chi connectivity index (χ1v) is 5.39. The Kier molecular flexibility index (Phi) is 3.44. The zero-order chi connectivity index (χ0) is 12.3. The Morgan fingerprint density at radius 1 is 1.35 bits per heavy atom. The first kappa shape index (κ1) is 11.7. The smallest absolute Gasteiger partial charge is 0.134 e. The van der Waals surface area contributed by atoms with E-state index in [1.54, 1.807) is 31.2 Å². The van der Waals surface area contributed by atoms with Crippen LogP contribution in [-0.4, -0.2) is 11.7 Å². The van der Waals surface area contributed by atoms with E-state index >= 15 is 0 Å². The molecular weight excluding hydrogens is 221 g/mol. The molecule has 1 atom stereocenters. The van der Waals surface area contributed by atoms with Crippen LogP contribution in [-0.2, 0) is 0 Å². The zero-order valence-electron chi connectivity index (χ0n) is 9.48. The van der Waals surface area contributed by atoms with Crippen molar-refractivity contribution in [3.05, 3.63) is 53.7 Å². The van der Waals surface area contributed by atoms with Crippen molar-refractivity contribution in [3.63, 3.8) is 0 Å². The Hall–Kier alpha value is -1.81. The van der Waals surface area contributed by atoms with Gasteiger partial charge >= 0.3 is 0 Å². The molecule has 2 rings (SSSR count). The maximum Gasteiger partial charge on any atom is 0.134 e. The van der Waals surface area contributed by atoms with Crippen LogP contribution in [0.5, 0.6) is 0 Å². The minimum atomic E-state index is -0.743. The molecule has 0 saturated heterocycles. The fourth-order valence-electron chi connectivity index (χ4n) is 1.59. The lowest BCUT2D eigenvalue weighted by atomic mass is 10.2. The Labute approximate surface area is 98.9 Å². The van der Waals surface area contributed by atoms with E-state index in [0.29, 0.717) is 17.0 Å². The minimum absolute atomic E-state index is 0.262. The Morgan fingerprint density at radius 3 is 2.88 bits per heavy atom. The van der Waals surface area contributed by atoms with Crippen molar-refractivity contribution in [2.24, 2.45) is 0 Å². The third kappa shape index (κ3) is 2.65. The molecule has 0 saturated carbocycles. The van der Waals surface area contributed by atoms with Gasteiger partial charge in [-0.25, -0.2) is 4.39 Å². The van der Waals surface area contributed by atoms with Gasteiger partial charge in [0.25, 0.3) is 0 Å². The molecular formula is C13H14FNO2. The average Bonchev–Trinajstić information content (AvgIpc) is 2.84. The number of aliphatic hydroxyl groups is 1. The van der Waals surface area contributed by atoms with Gasteiger partial charge in [-0.15, -0.1) is 0 Å². The van der Waals surface area contributed by atoms with Crippen LogP contribution in [0, 0.1) is 12.7 Å². The Morgan fingerprint density at radius 2 is 2.18 bits per heavy atom. The predicted molar refractivity (Wildman–Crippen MR) is 63.3 cm³/mol. The van der Waals surface area contributed by atoms with Crippen molar-refractivity contribution >= 4 is 5.69 Å². The number of benzene rings is 1. The van der Waals surface area contributed by atoms with Gasteiger partial charge in [-0.05, 0) is 31.2 Å². The lowest BCUT2D eigenvalue weighted by molar-refractivity contribution is 0.162. The second-order valence-corrected chi connectivity index (χ2v) is 3.82. The second kappa shape index (κ2) is 5.01. The summed E-state index contributed by atoms with van der Waals surface area (Å²) in [5.74, 6) is 0.231. The van der Waals surface area contributed by atoms with Gasteiger partial charge in [-0.2, -0.15) is 0 Å². The molecule has 3 nitrogen and oxygen atoms in total. The summed E-state index contributed by atoms with van der Waals surface area (Å²) in [4.78, 5) is 0. The Bertz CT molecular complexity index is 482. The molecule has 1 aromatic heterocycles. The lowest BCUT2D eigenvalue weighted by Gasteiger charge is -2.12. The molecule has 17 heavy (non-hydrogen) atoms. The van der Waals surface area contributed by atoms with Crippen molar-refractivity contribution in [1.29, 1.82) is 0 Å². The van der Waals surface area contributed by atoms with Crippen LogP contribution < -0.4 is 5.32 Å². The molecule has 1 heterocycles. The van der Waals surface area contributed by atoms with E-state index in [4.69, 9.17) is 4.42 Å². The standard InChI is InChI=1S/C13H14FNO2/c1-9-10(14)4-2-5-11(9)15-8-12(16)13-6-3-7-17-13/h2-7,12,15-16H,8H2,1H3. The molecule has 4 heteroatoms. The molecule has 0 radical (unpaired) electrons. The third-order valence-corrected chi connectivity index (χ3v) is 2.63. The summed E-state index contributed by atoms with van der Waals surface area (Å²) in [5, 5.41) is 12.8. The van der Waals surface area contributed by atoms with E-state index in [-0.39, 0.29) is 12.4 Å². The highest BCUT2D eigenvalue weighted by Crippen LogP contribution is 2.19. The second-order valence-electron chi connectivity index (χ2n) is 3.82. The van der Waals surface area contributed by atoms with Crippen LogP contribution in [0.1, 0.15) is 17.4 Å². The average molecular weight is 235 g/mol. The van der Waals surface area contributed by atoms with E-state index in [0.717, 1.165) is 0 Å². The monoisotopic (exact) mass is 235 g/mol. The summed E-state index contributed by atoms with van der Waals surface area (Å²) < 4.78 is 18.3. The number of aliphatic hydroxyl groups excluding tert-OH is 1. The van der Waals surface area contributed by atoms with Gasteiger partial charge in [0, 0.05) is 17.8 Å². The first-order chi connectivity index (χ1) is 8.18. The first-order valence-electron chi connectivity index (χ1n) is 5.39. The van der Waals surface area contributed by atoms with Gasteiger partial charge < -0.3 is 14.8 Å². The number of hydrogen-bond acceptors (Lipinski definition) is 3. The minimum Gasteiger partial charge on any atom is -0.467 e. The van der Waals surface area contributed by atoms with Crippen molar-refractivity contribution in [3.8, 4) is 0 Å². The van der Waals surface area contributed by atoms with E-state index in [1.807, 2.05) is 0 Å². The highest BCUT2D eigenvalue weighted by molar-refractivity contribution is 5.51. The van der Waals surface area contributed by atoms with Crippen molar-refractivity contribution < 1.29 is 13.9 Å². The van der Waals surface area contributed by atoms with Crippen LogP contribution in [0.2, 0.25) is 0 Å². The van der Waals surface area contributed by atoms with E-state index in [9.17, 15) is 9.50 Å². The van der Waals surface area contributed by atoms with Gasteiger partial charge in [0.1, 0.15) is 17.7 Å². The van der Waals surface area contributed by atoms with E-state index < -0.39 is 6.10 Å².